The van der Waals surface area contributed by atoms with Crippen molar-refractivity contribution in [2.45, 2.75) is 12.5 Å². The summed E-state index contributed by atoms with van der Waals surface area (Å²) in [6.07, 6.45) is 1.03. The van der Waals surface area contributed by atoms with E-state index in [9.17, 15) is 0 Å². The van der Waals surface area contributed by atoms with Crippen molar-refractivity contribution in [1.82, 2.24) is 10.2 Å². The Morgan fingerprint density at radius 2 is 2.16 bits per heavy atom. The van der Waals surface area contributed by atoms with Gasteiger partial charge in [0.05, 0.1) is 12.8 Å². The topological polar surface area (TPSA) is 67.2 Å². The lowest BCUT2D eigenvalue weighted by molar-refractivity contribution is 0.415. The zero-order valence-corrected chi connectivity index (χ0v) is 11.0. The number of hydrogen-bond acceptors (Lipinski definition) is 4. The second-order valence-corrected chi connectivity index (χ2v) is 4.86. The maximum atomic E-state index is 5.92. The fraction of sp³-hybridized carbons (Fsp3) is 0.357. The number of benzene rings is 1. The standard InChI is InChI=1S/C14H18N4O/c1-19-12-4-2-10(3-5-12)13-8-14(17-16-13)18-7-6-11(15)9-18/h2-5,8,11H,6-7,9,15H2,1H3,(H,16,17)/t11-/m1/s1. The van der Waals surface area contributed by atoms with Crippen molar-refractivity contribution in [2.24, 2.45) is 5.73 Å². The van der Waals surface area contributed by atoms with Crippen LogP contribution in [-0.2, 0) is 0 Å². The molecule has 0 aliphatic carbocycles. The number of aromatic amines is 1. The third kappa shape index (κ3) is 2.42. The molecule has 1 aromatic heterocycles. The van der Waals surface area contributed by atoms with Crippen molar-refractivity contribution in [3.8, 4) is 17.0 Å². The molecule has 5 nitrogen and oxygen atoms in total. The molecule has 2 heterocycles. The molecule has 1 aliphatic heterocycles. The van der Waals surface area contributed by atoms with E-state index in [4.69, 9.17) is 10.5 Å². The van der Waals surface area contributed by atoms with Crippen LogP contribution in [0.3, 0.4) is 0 Å². The number of hydrogen-bond donors (Lipinski definition) is 2. The average molecular weight is 258 g/mol. The summed E-state index contributed by atoms with van der Waals surface area (Å²) in [5.74, 6) is 1.83. The predicted octanol–water partition coefficient (Wildman–Crippen LogP) is 1.62. The molecule has 0 spiro atoms. The maximum absolute atomic E-state index is 5.92. The Morgan fingerprint density at radius 3 is 2.79 bits per heavy atom. The van der Waals surface area contributed by atoms with Gasteiger partial charge in [-0.2, -0.15) is 5.10 Å². The second-order valence-electron chi connectivity index (χ2n) is 4.86. The molecule has 19 heavy (non-hydrogen) atoms. The minimum atomic E-state index is 0.265. The summed E-state index contributed by atoms with van der Waals surface area (Å²) in [5.41, 5.74) is 8.03. The van der Waals surface area contributed by atoms with Gasteiger partial charge in [0.15, 0.2) is 5.82 Å². The summed E-state index contributed by atoms with van der Waals surface area (Å²) in [7, 11) is 1.67. The molecule has 0 radical (unpaired) electrons. The van der Waals surface area contributed by atoms with E-state index < -0.39 is 0 Å². The van der Waals surface area contributed by atoms with Crippen LogP contribution in [0.2, 0.25) is 0 Å². The number of methoxy groups -OCH3 is 1. The molecular formula is C14H18N4O. The number of nitrogens with two attached hydrogens (primary N) is 1. The molecule has 1 saturated heterocycles. The van der Waals surface area contributed by atoms with Gasteiger partial charge in [-0.15, -0.1) is 0 Å². The van der Waals surface area contributed by atoms with Gasteiger partial charge in [0, 0.05) is 25.2 Å². The second kappa shape index (κ2) is 4.93. The van der Waals surface area contributed by atoms with Crippen molar-refractivity contribution in [1.29, 1.82) is 0 Å². The Bertz CT molecular complexity index is 549. The van der Waals surface area contributed by atoms with Crippen LogP contribution in [0.1, 0.15) is 6.42 Å². The van der Waals surface area contributed by atoms with Crippen LogP contribution < -0.4 is 15.4 Å². The first-order valence-electron chi connectivity index (χ1n) is 6.46. The van der Waals surface area contributed by atoms with Crippen molar-refractivity contribution in [3.63, 3.8) is 0 Å². The molecule has 0 bridgehead atoms. The van der Waals surface area contributed by atoms with Crippen LogP contribution >= 0.6 is 0 Å². The molecule has 1 fully saturated rings. The van der Waals surface area contributed by atoms with E-state index in [-0.39, 0.29) is 6.04 Å². The van der Waals surface area contributed by atoms with E-state index in [1.54, 1.807) is 7.11 Å². The molecule has 5 heteroatoms. The minimum absolute atomic E-state index is 0.265. The first kappa shape index (κ1) is 12.0. The van der Waals surface area contributed by atoms with Crippen LogP contribution in [0, 0.1) is 0 Å². The monoisotopic (exact) mass is 258 g/mol. The molecular weight excluding hydrogens is 240 g/mol. The zero-order valence-electron chi connectivity index (χ0n) is 11.0. The van der Waals surface area contributed by atoms with Gasteiger partial charge in [0.2, 0.25) is 0 Å². The van der Waals surface area contributed by atoms with Crippen LogP contribution in [0.5, 0.6) is 5.75 Å². The summed E-state index contributed by atoms with van der Waals surface area (Å²) in [6.45, 7) is 1.86. The Kier molecular flexibility index (Phi) is 3.13. The summed E-state index contributed by atoms with van der Waals surface area (Å²) in [4.78, 5) is 2.22. The third-order valence-electron chi connectivity index (χ3n) is 3.51. The SMILES string of the molecule is COc1ccc(-c2cc(N3CC[C@@H](N)C3)n[nH]2)cc1. The molecule has 1 aliphatic rings. The van der Waals surface area contributed by atoms with Crippen LogP contribution in [0.15, 0.2) is 30.3 Å². The van der Waals surface area contributed by atoms with Crippen LogP contribution in [0.4, 0.5) is 5.82 Å². The molecule has 3 rings (SSSR count). The molecule has 0 amide bonds. The highest BCUT2D eigenvalue weighted by atomic mass is 16.5. The first-order valence-corrected chi connectivity index (χ1v) is 6.46. The molecule has 2 aromatic rings. The zero-order chi connectivity index (χ0) is 13.2. The average Bonchev–Trinajstić information content (AvgIpc) is 3.07. The van der Waals surface area contributed by atoms with Gasteiger partial charge >= 0.3 is 0 Å². The molecule has 0 saturated carbocycles. The third-order valence-corrected chi connectivity index (χ3v) is 3.51. The highest BCUT2D eigenvalue weighted by Gasteiger charge is 2.21. The fourth-order valence-electron chi connectivity index (χ4n) is 2.39. The van der Waals surface area contributed by atoms with Gasteiger partial charge in [0.25, 0.3) is 0 Å². The van der Waals surface area contributed by atoms with Crippen molar-refractivity contribution in [3.05, 3.63) is 30.3 Å². The predicted molar refractivity (Wildman–Crippen MR) is 75.4 cm³/mol. The molecule has 1 aromatic carbocycles. The number of H-pyrrole nitrogens is 1. The lowest BCUT2D eigenvalue weighted by atomic mass is 10.1. The van der Waals surface area contributed by atoms with Crippen LogP contribution in [0.25, 0.3) is 11.3 Å². The van der Waals surface area contributed by atoms with E-state index in [0.717, 1.165) is 42.3 Å². The molecule has 0 unspecified atom stereocenters. The Labute approximate surface area is 112 Å². The van der Waals surface area contributed by atoms with Gasteiger partial charge in [-0.05, 0) is 36.2 Å². The van der Waals surface area contributed by atoms with Gasteiger partial charge in [-0.1, -0.05) is 0 Å². The summed E-state index contributed by atoms with van der Waals surface area (Å²) < 4.78 is 5.16. The summed E-state index contributed by atoms with van der Waals surface area (Å²) >= 11 is 0. The number of anilines is 1. The number of nitrogens with zero attached hydrogens (tertiary/aromatic N) is 2. The molecule has 1 atom stereocenters. The summed E-state index contributed by atoms with van der Waals surface area (Å²) in [6, 6.07) is 10.3. The minimum Gasteiger partial charge on any atom is -0.497 e. The number of nitrogens with one attached hydrogen (secondary N) is 1. The molecule has 100 valence electrons. The van der Waals surface area contributed by atoms with E-state index in [2.05, 4.69) is 21.2 Å². The maximum Gasteiger partial charge on any atom is 0.151 e. The van der Waals surface area contributed by atoms with Crippen molar-refractivity contribution >= 4 is 5.82 Å². The Hall–Kier alpha value is -2.01. The van der Waals surface area contributed by atoms with E-state index in [0.29, 0.717) is 0 Å². The lowest BCUT2D eigenvalue weighted by Gasteiger charge is -2.13. The first-order chi connectivity index (χ1) is 9.26. The Balaban J connectivity index is 1.80. The van der Waals surface area contributed by atoms with E-state index in [1.807, 2.05) is 24.3 Å². The highest BCUT2D eigenvalue weighted by molar-refractivity contribution is 5.64. The highest BCUT2D eigenvalue weighted by Crippen LogP contribution is 2.25. The van der Waals surface area contributed by atoms with Gasteiger partial charge in [-0.25, -0.2) is 0 Å². The molecule has 3 N–H and O–H groups in total. The van der Waals surface area contributed by atoms with E-state index in [1.165, 1.54) is 0 Å². The van der Waals surface area contributed by atoms with Crippen molar-refractivity contribution in [2.75, 3.05) is 25.1 Å². The quantitative estimate of drug-likeness (QED) is 0.878. The fourth-order valence-corrected chi connectivity index (χ4v) is 2.39. The van der Waals surface area contributed by atoms with E-state index >= 15 is 0 Å². The largest absolute Gasteiger partial charge is 0.497 e. The van der Waals surface area contributed by atoms with Gasteiger partial charge < -0.3 is 15.4 Å². The van der Waals surface area contributed by atoms with Gasteiger partial charge in [0.1, 0.15) is 5.75 Å². The smallest absolute Gasteiger partial charge is 0.151 e. The van der Waals surface area contributed by atoms with Crippen LogP contribution in [-0.4, -0.2) is 36.4 Å². The summed E-state index contributed by atoms with van der Waals surface area (Å²) in [5, 5.41) is 7.44. The number of rotatable bonds is 3. The van der Waals surface area contributed by atoms with Crippen molar-refractivity contribution < 1.29 is 4.74 Å². The van der Waals surface area contributed by atoms with Gasteiger partial charge in [-0.3, -0.25) is 5.10 Å². The Morgan fingerprint density at radius 1 is 1.37 bits per heavy atom. The normalized spacial score (nSPS) is 18.8. The number of ether oxygens (including phenoxy) is 1. The number of aromatic nitrogens is 2. The lowest BCUT2D eigenvalue weighted by Crippen LogP contribution is -2.26.